The molecular formula is C20H22Cl2N2O. The van der Waals surface area contributed by atoms with Crippen molar-refractivity contribution in [1.82, 2.24) is 4.90 Å². The minimum atomic E-state index is -0.259. The van der Waals surface area contributed by atoms with Crippen molar-refractivity contribution in [3.8, 4) is 0 Å². The van der Waals surface area contributed by atoms with Gasteiger partial charge in [-0.05, 0) is 61.7 Å². The zero-order valence-electron chi connectivity index (χ0n) is 14.3. The highest BCUT2D eigenvalue weighted by molar-refractivity contribution is 6.44. The van der Waals surface area contributed by atoms with Gasteiger partial charge in [0.25, 0.3) is 5.91 Å². The van der Waals surface area contributed by atoms with Crippen molar-refractivity contribution in [3.63, 3.8) is 0 Å². The van der Waals surface area contributed by atoms with Crippen molar-refractivity contribution in [2.24, 2.45) is 5.92 Å². The van der Waals surface area contributed by atoms with Crippen LogP contribution in [0, 0.1) is 5.92 Å². The van der Waals surface area contributed by atoms with Gasteiger partial charge in [-0.1, -0.05) is 48.3 Å². The molecule has 1 fully saturated rings. The van der Waals surface area contributed by atoms with E-state index in [4.69, 9.17) is 23.2 Å². The lowest BCUT2D eigenvalue weighted by molar-refractivity contribution is 0.102. The van der Waals surface area contributed by atoms with Crippen molar-refractivity contribution >= 4 is 34.8 Å². The predicted molar refractivity (Wildman–Crippen MR) is 105 cm³/mol. The summed E-state index contributed by atoms with van der Waals surface area (Å²) in [5.41, 5.74) is 2.38. The van der Waals surface area contributed by atoms with Gasteiger partial charge < -0.3 is 5.32 Å². The molecular weight excluding hydrogens is 355 g/mol. The molecule has 25 heavy (non-hydrogen) atoms. The van der Waals surface area contributed by atoms with Crippen LogP contribution in [0.4, 0.5) is 5.69 Å². The molecule has 1 aliphatic heterocycles. The molecule has 3 rings (SSSR count). The molecule has 0 radical (unpaired) electrons. The number of halogens is 2. The van der Waals surface area contributed by atoms with Crippen LogP contribution in [-0.4, -0.2) is 23.9 Å². The third-order valence-corrected chi connectivity index (χ3v) is 5.51. The first-order valence-electron chi connectivity index (χ1n) is 8.59. The molecule has 1 heterocycles. The van der Waals surface area contributed by atoms with E-state index in [2.05, 4.69) is 29.3 Å². The number of likely N-dealkylation sites (tertiary alicyclic amines) is 1. The fourth-order valence-electron chi connectivity index (χ4n) is 3.05. The summed E-state index contributed by atoms with van der Waals surface area (Å²) >= 11 is 12.1. The Bertz CT molecular complexity index is 738. The number of benzene rings is 2. The summed E-state index contributed by atoms with van der Waals surface area (Å²) in [5.74, 6) is 0.581. The normalized spacial score (nSPS) is 16.0. The van der Waals surface area contributed by atoms with Gasteiger partial charge in [0.2, 0.25) is 0 Å². The Morgan fingerprint density at radius 3 is 2.48 bits per heavy atom. The lowest BCUT2D eigenvalue weighted by atomic mass is 9.99. The summed E-state index contributed by atoms with van der Waals surface area (Å²) < 4.78 is 0. The summed E-state index contributed by atoms with van der Waals surface area (Å²) in [7, 11) is 0. The van der Waals surface area contributed by atoms with Gasteiger partial charge in [-0.15, -0.1) is 0 Å². The summed E-state index contributed by atoms with van der Waals surface area (Å²) in [6, 6.07) is 13.0. The highest BCUT2D eigenvalue weighted by Crippen LogP contribution is 2.26. The summed E-state index contributed by atoms with van der Waals surface area (Å²) in [6.45, 7) is 5.60. The molecule has 2 aromatic rings. The van der Waals surface area contributed by atoms with Gasteiger partial charge >= 0.3 is 0 Å². The maximum Gasteiger partial charge on any atom is 0.257 e. The number of anilines is 1. The van der Waals surface area contributed by atoms with Gasteiger partial charge in [0, 0.05) is 12.2 Å². The van der Waals surface area contributed by atoms with E-state index in [1.54, 1.807) is 18.2 Å². The molecule has 132 valence electrons. The molecule has 0 unspecified atom stereocenters. The maximum atomic E-state index is 12.4. The maximum absolute atomic E-state index is 12.4. The van der Waals surface area contributed by atoms with Gasteiger partial charge in [-0.25, -0.2) is 0 Å². The van der Waals surface area contributed by atoms with Gasteiger partial charge in [0.15, 0.2) is 0 Å². The molecule has 0 atom stereocenters. The average Bonchev–Trinajstić information content (AvgIpc) is 2.61. The Balaban J connectivity index is 1.60. The Morgan fingerprint density at radius 2 is 1.80 bits per heavy atom. The van der Waals surface area contributed by atoms with Gasteiger partial charge in [-0.2, -0.15) is 0 Å². The van der Waals surface area contributed by atoms with Crippen LogP contribution in [0.15, 0.2) is 42.5 Å². The monoisotopic (exact) mass is 376 g/mol. The Labute approximate surface area is 158 Å². The summed E-state index contributed by atoms with van der Waals surface area (Å²) in [6.07, 6.45) is 2.54. The third kappa shape index (κ3) is 4.75. The molecule has 5 heteroatoms. The first-order valence-corrected chi connectivity index (χ1v) is 9.35. The number of hydrogen-bond acceptors (Lipinski definition) is 2. The molecule has 1 aliphatic rings. The SMILES string of the molecule is CC1CCN(Cc2ccc(NC(=O)c3cccc(Cl)c3Cl)cc2)CC1. The van der Waals surface area contributed by atoms with E-state index >= 15 is 0 Å². The van der Waals surface area contributed by atoms with Gasteiger partial charge in [-0.3, -0.25) is 9.69 Å². The van der Waals surface area contributed by atoms with E-state index in [9.17, 15) is 4.79 Å². The van der Waals surface area contributed by atoms with Gasteiger partial charge in [0.1, 0.15) is 0 Å². The second-order valence-corrected chi connectivity index (χ2v) is 7.50. The summed E-state index contributed by atoms with van der Waals surface area (Å²) in [4.78, 5) is 14.8. The fourth-order valence-corrected chi connectivity index (χ4v) is 3.44. The molecule has 1 saturated heterocycles. The minimum Gasteiger partial charge on any atom is -0.322 e. The number of carbonyl (C=O) groups excluding carboxylic acids is 1. The number of nitrogens with one attached hydrogen (secondary N) is 1. The third-order valence-electron chi connectivity index (χ3n) is 4.69. The van der Waals surface area contributed by atoms with E-state index in [1.807, 2.05) is 12.1 Å². The molecule has 0 saturated carbocycles. The van der Waals surface area contributed by atoms with E-state index < -0.39 is 0 Å². The zero-order chi connectivity index (χ0) is 17.8. The predicted octanol–water partition coefficient (Wildman–Crippen LogP) is 5.48. The number of piperidine rings is 1. The highest BCUT2D eigenvalue weighted by atomic mass is 35.5. The van der Waals surface area contributed by atoms with Gasteiger partial charge in [0.05, 0.1) is 15.6 Å². The van der Waals surface area contributed by atoms with Crippen molar-refractivity contribution < 1.29 is 4.79 Å². The Hall–Kier alpha value is -1.55. The Kier molecular flexibility index (Phi) is 6.00. The second-order valence-electron chi connectivity index (χ2n) is 6.71. The topological polar surface area (TPSA) is 32.3 Å². The van der Waals surface area contributed by atoms with Crippen LogP contribution in [0.3, 0.4) is 0 Å². The number of carbonyl (C=O) groups is 1. The first kappa shape index (κ1) is 18.2. The minimum absolute atomic E-state index is 0.259. The molecule has 0 bridgehead atoms. The molecule has 3 nitrogen and oxygen atoms in total. The van der Waals surface area contributed by atoms with Crippen LogP contribution < -0.4 is 5.32 Å². The van der Waals surface area contributed by atoms with Crippen molar-refractivity contribution in [1.29, 1.82) is 0 Å². The molecule has 0 spiro atoms. The lowest BCUT2D eigenvalue weighted by Gasteiger charge is -2.30. The second kappa shape index (κ2) is 8.22. The largest absolute Gasteiger partial charge is 0.322 e. The summed E-state index contributed by atoms with van der Waals surface area (Å²) in [5, 5.41) is 3.52. The average molecular weight is 377 g/mol. The smallest absolute Gasteiger partial charge is 0.257 e. The highest BCUT2D eigenvalue weighted by Gasteiger charge is 2.16. The van der Waals surface area contributed by atoms with E-state index in [-0.39, 0.29) is 10.9 Å². The molecule has 2 aromatic carbocycles. The van der Waals surface area contributed by atoms with Crippen LogP contribution in [-0.2, 0) is 6.54 Å². The standard InChI is InChI=1S/C20H22Cl2N2O/c1-14-9-11-24(12-10-14)13-15-5-7-16(8-6-15)23-20(25)17-3-2-4-18(21)19(17)22/h2-8,14H,9-13H2,1H3,(H,23,25). The number of rotatable bonds is 4. The van der Waals surface area contributed by atoms with Crippen molar-refractivity contribution in [3.05, 3.63) is 63.6 Å². The van der Waals surface area contributed by atoms with Crippen LogP contribution in [0.25, 0.3) is 0 Å². The van der Waals surface area contributed by atoms with Crippen molar-refractivity contribution in [2.75, 3.05) is 18.4 Å². The van der Waals surface area contributed by atoms with Crippen LogP contribution >= 0.6 is 23.2 Å². The fraction of sp³-hybridized carbons (Fsp3) is 0.350. The van der Waals surface area contributed by atoms with E-state index in [1.165, 1.54) is 18.4 Å². The van der Waals surface area contributed by atoms with Crippen molar-refractivity contribution in [2.45, 2.75) is 26.3 Å². The zero-order valence-corrected chi connectivity index (χ0v) is 15.8. The molecule has 1 amide bonds. The number of nitrogens with zero attached hydrogens (tertiary/aromatic N) is 1. The Morgan fingerprint density at radius 1 is 1.12 bits per heavy atom. The molecule has 1 N–H and O–H groups in total. The van der Waals surface area contributed by atoms with E-state index in [0.717, 1.165) is 31.2 Å². The molecule has 0 aromatic heterocycles. The number of hydrogen-bond donors (Lipinski definition) is 1. The lowest BCUT2D eigenvalue weighted by Crippen LogP contribution is -2.32. The van der Waals surface area contributed by atoms with E-state index in [0.29, 0.717) is 10.6 Å². The van der Waals surface area contributed by atoms with Crippen LogP contribution in [0.2, 0.25) is 10.0 Å². The molecule has 0 aliphatic carbocycles. The number of amides is 1. The van der Waals surface area contributed by atoms with Crippen LogP contribution in [0.1, 0.15) is 35.7 Å². The van der Waals surface area contributed by atoms with Crippen LogP contribution in [0.5, 0.6) is 0 Å². The first-order chi connectivity index (χ1) is 12.0. The quantitative estimate of drug-likeness (QED) is 0.766.